The quantitative estimate of drug-likeness (QED) is 0.740. The molecule has 7 heteroatoms. The molecule has 0 bridgehead atoms. The Hall–Kier alpha value is -3.48. The van der Waals surface area contributed by atoms with E-state index in [1.165, 1.54) is 31.4 Å². The second kappa shape index (κ2) is 6.96. The summed E-state index contributed by atoms with van der Waals surface area (Å²) in [5, 5.41) is 6.95. The van der Waals surface area contributed by atoms with Crippen molar-refractivity contribution in [1.29, 1.82) is 0 Å². The topological polar surface area (TPSA) is 73.2 Å². The van der Waals surface area contributed by atoms with E-state index in [9.17, 15) is 14.0 Å². The van der Waals surface area contributed by atoms with Gasteiger partial charge < -0.3 is 10.1 Å². The summed E-state index contributed by atoms with van der Waals surface area (Å²) in [7, 11) is 1.20. The van der Waals surface area contributed by atoms with Gasteiger partial charge >= 0.3 is 5.97 Å². The van der Waals surface area contributed by atoms with Gasteiger partial charge in [0.2, 0.25) is 0 Å². The van der Waals surface area contributed by atoms with Gasteiger partial charge in [-0.05, 0) is 24.3 Å². The highest BCUT2D eigenvalue weighted by molar-refractivity contribution is 5.94. The monoisotopic (exact) mass is 339 g/mol. The molecule has 126 valence electrons. The average molecular weight is 339 g/mol. The summed E-state index contributed by atoms with van der Waals surface area (Å²) in [5.74, 6) is -1.37. The number of ether oxygens (including phenoxy) is 1. The molecule has 1 heterocycles. The van der Waals surface area contributed by atoms with Crippen molar-refractivity contribution >= 4 is 17.3 Å². The van der Waals surface area contributed by atoms with Crippen molar-refractivity contribution < 1.29 is 13.9 Å². The Labute approximate surface area is 142 Å². The molecule has 1 N–H and O–H groups in total. The first-order chi connectivity index (χ1) is 12.1. The number of methoxy groups -OCH3 is 1. The van der Waals surface area contributed by atoms with Crippen LogP contribution in [0, 0.1) is 5.82 Å². The van der Waals surface area contributed by atoms with E-state index < -0.39 is 17.3 Å². The number of rotatable bonds is 4. The molecule has 0 spiro atoms. The first-order valence-electron chi connectivity index (χ1n) is 7.40. The Balaban J connectivity index is 2.14. The van der Waals surface area contributed by atoms with Crippen LogP contribution in [0.3, 0.4) is 0 Å². The summed E-state index contributed by atoms with van der Waals surface area (Å²) < 4.78 is 19.5. The Bertz CT molecular complexity index is 971. The van der Waals surface area contributed by atoms with Gasteiger partial charge in [0.05, 0.1) is 12.8 Å². The number of halogens is 1. The van der Waals surface area contributed by atoms with Crippen LogP contribution in [0.1, 0.15) is 10.5 Å². The second-order valence-electron chi connectivity index (χ2n) is 5.09. The Morgan fingerprint density at radius 1 is 1.12 bits per heavy atom. The van der Waals surface area contributed by atoms with Crippen LogP contribution in [0.5, 0.6) is 0 Å². The zero-order chi connectivity index (χ0) is 17.8. The molecule has 0 aliphatic rings. The van der Waals surface area contributed by atoms with Crippen molar-refractivity contribution in [2.45, 2.75) is 0 Å². The number of benzene rings is 2. The lowest BCUT2D eigenvalue weighted by Gasteiger charge is -2.12. The molecule has 0 aliphatic carbocycles. The lowest BCUT2D eigenvalue weighted by atomic mass is 10.2. The standard InChI is InChI=1S/C18H14FN3O3/c1-25-18(24)17-14(20-12-7-3-2-4-8-12)11-16(23)22(21-17)15-10-6-5-9-13(15)19/h2-11,20H,1H3. The Morgan fingerprint density at radius 2 is 1.80 bits per heavy atom. The number of hydrogen-bond acceptors (Lipinski definition) is 5. The fourth-order valence-electron chi connectivity index (χ4n) is 2.27. The summed E-state index contributed by atoms with van der Waals surface area (Å²) in [4.78, 5) is 24.5. The number of nitrogens with one attached hydrogen (secondary N) is 1. The van der Waals surface area contributed by atoms with Gasteiger partial charge in [-0.25, -0.2) is 9.18 Å². The normalized spacial score (nSPS) is 10.3. The fraction of sp³-hybridized carbons (Fsp3) is 0.0556. The molecule has 1 aromatic heterocycles. The number of aromatic nitrogens is 2. The fourth-order valence-corrected chi connectivity index (χ4v) is 2.27. The molecule has 0 aliphatic heterocycles. The van der Waals surface area contributed by atoms with Crippen molar-refractivity contribution in [3.8, 4) is 5.69 Å². The first kappa shape index (κ1) is 16.4. The minimum Gasteiger partial charge on any atom is -0.464 e. The third-order valence-electron chi connectivity index (χ3n) is 3.44. The van der Waals surface area contributed by atoms with Crippen molar-refractivity contribution in [2.24, 2.45) is 0 Å². The van der Waals surface area contributed by atoms with Crippen LogP contribution in [0.25, 0.3) is 5.69 Å². The van der Waals surface area contributed by atoms with E-state index in [1.807, 2.05) is 6.07 Å². The molecule has 25 heavy (non-hydrogen) atoms. The first-order valence-corrected chi connectivity index (χ1v) is 7.40. The highest BCUT2D eigenvalue weighted by atomic mass is 19.1. The minimum absolute atomic E-state index is 0.0519. The maximum Gasteiger partial charge on any atom is 0.360 e. The molecule has 0 fully saturated rings. The van der Waals surface area contributed by atoms with Gasteiger partial charge in [0, 0.05) is 11.8 Å². The molecule has 0 radical (unpaired) electrons. The van der Waals surface area contributed by atoms with Crippen LogP contribution < -0.4 is 10.9 Å². The summed E-state index contributed by atoms with van der Waals surface area (Å²) in [6.07, 6.45) is 0. The van der Waals surface area contributed by atoms with E-state index in [1.54, 1.807) is 30.3 Å². The lowest BCUT2D eigenvalue weighted by Crippen LogP contribution is -2.25. The average Bonchev–Trinajstić information content (AvgIpc) is 2.63. The lowest BCUT2D eigenvalue weighted by molar-refractivity contribution is 0.0593. The predicted octanol–water partition coefficient (Wildman–Crippen LogP) is 2.90. The zero-order valence-corrected chi connectivity index (χ0v) is 13.3. The van der Waals surface area contributed by atoms with Crippen LogP contribution in [0.2, 0.25) is 0 Å². The second-order valence-corrected chi connectivity index (χ2v) is 5.09. The summed E-state index contributed by atoms with van der Waals surface area (Å²) >= 11 is 0. The Morgan fingerprint density at radius 3 is 2.48 bits per heavy atom. The molecule has 0 atom stereocenters. The van der Waals surface area contributed by atoms with E-state index in [4.69, 9.17) is 4.74 Å². The van der Waals surface area contributed by atoms with Gasteiger partial charge in [-0.15, -0.1) is 0 Å². The molecule has 0 unspecified atom stereocenters. The van der Waals surface area contributed by atoms with Gasteiger partial charge in [0.15, 0.2) is 5.69 Å². The molecule has 0 saturated heterocycles. The Kier molecular flexibility index (Phi) is 4.56. The number of para-hydroxylation sites is 2. The van der Waals surface area contributed by atoms with Gasteiger partial charge in [0.1, 0.15) is 11.5 Å². The number of carbonyl (C=O) groups excluding carboxylic acids is 1. The molecule has 3 rings (SSSR count). The molecule has 3 aromatic rings. The smallest absolute Gasteiger partial charge is 0.360 e. The third kappa shape index (κ3) is 3.40. The zero-order valence-electron chi connectivity index (χ0n) is 13.3. The van der Waals surface area contributed by atoms with Crippen LogP contribution in [0.4, 0.5) is 15.8 Å². The van der Waals surface area contributed by atoms with Crippen molar-refractivity contribution in [1.82, 2.24) is 9.78 Å². The van der Waals surface area contributed by atoms with Crippen molar-refractivity contribution in [3.63, 3.8) is 0 Å². The number of hydrogen-bond donors (Lipinski definition) is 1. The summed E-state index contributed by atoms with van der Waals surface area (Å²) in [5.41, 5.74) is 0.0717. The number of carbonyl (C=O) groups is 1. The van der Waals surface area contributed by atoms with Gasteiger partial charge in [-0.1, -0.05) is 30.3 Å². The van der Waals surface area contributed by atoms with Crippen molar-refractivity contribution in [3.05, 3.63) is 82.5 Å². The largest absolute Gasteiger partial charge is 0.464 e. The molecular formula is C18H14FN3O3. The van der Waals surface area contributed by atoms with Gasteiger partial charge in [-0.2, -0.15) is 9.78 Å². The molecular weight excluding hydrogens is 325 g/mol. The third-order valence-corrected chi connectivity index (χ3v) is 3.44. The number of anilines is 2. The van der Waals surface area contributed by atoms with E-state index in [0.717, 1.165) is 4.68 Å². The molecule has 6 nitrogen and oxygen atoms in total. The van der Waals surface area contributed by atoms with Crippen LogP contribution >= 0.6 is 0 Å². The van der Waals surface area contributed by atoms with Gasteiger partial charge in [0.25, 0.3) is 5.56 Å². The van der Waals surface area contributed by atoms with Crippen LogP contribution in [0.15, 0.2) is 65.5 Å². The summed E-state index contributed by atoms with van der Waals surface area (Å²) in [6, 6.07) is 15.8. The van der Waals surface area contributed by atoms with Gasteiger partial charge in [-0.3, -0.25) is 4.79 Å². The number of nitrogens with zero attached hydrogens (tertiary/aromatic N) is 2. The number of esters is 1. The van der Waals surface area contributed by atoms with E-state index in [0.29, 0.717) is 5.69 Å². The molecule has 0 saturated carbocycles. The maximum atomic E-state index is 14.0. The molecule has 0 amide bonds. The maximum absolute atomic E-state index is 14.0. The van der Waals surface area contributed by atoms with E-state index in [-0.39, 0.29) is 17.1 Å². The van der Waals surface area contributed by atoms with Crippen molar-refractivity contribution in [2.75, 3.05) is 12.4 Å². The molecule has 2 aromatic carbocycles. The highest BCUT2D eigenvalue weighted by Crippen LogP contribution is 2.19. The SMILES string of the molecule is COC(=O)c1nn(-c2ccccc2F)c(=O)cc1Nc1ccccc1. The van der Waals surface area contributed by atoms with Crippen LogP contribution in [-0.4, -0.2) is 22.9 Å². The van der Waals surface area contributed by atoms with E-state index >= 15 is 0 Å². The minimum atomic E-state index is -0.747. The van der Waals surface area contributed by atoms with Crippen LogP contribution in [-0.2, 0) is 4.74 Å². The summed E-state index contributed by atoms with van der Waals surface area (Å²) in [6.45, 7) is 0. The highest BCUT2D eigenvalue weighted by Gasteiger charge is 2.19. The van der Waals surface area contributed by atoms with E-state index in [2.05, 4.69) is 10.4 Å². The predicted molar refractivity (Wildman–Crippen MR) is 90.9 cm³/mol.